The largest absolute Gasteiger partial charge is 0.472 e. The van der Waals surface area contributed by atoms with E-state index in [1.807, 2.05) is 0 Å². The molecular weight excluding hydrogens is 756 g/mol. The standard InChI is InChI=1S/C50H103N2O6P/c1-3-5-7-9-11-13-15-17-18-19-20-21-22-23-24-25-26-27-28-29-30-32-34-36-38-40-42-44-50(54)52-48(47-58-59(55,56)57-46-45-51)49(53)43-41-39-37-35-33-31-16-14-12-10-8-6-4-2/h48-49,53H,3-47,51H2,1-2H3,(H,52,54)(H,55,56)/t48-,49+/m0/s1. The number of phosphoric acid groups is 1. The van der Waals surface area contributed by atoms with Crippen molar-refractivity contribution in [1.82, 2.24) is 5.32 Å². The van der Waals surface area contributed by atoms with Crippen LogP contribution < -0.4 is 11.1 Å². The van der Waals surface area contributed by atoms with Crippen LogP contribution in [0, 0.1) is 0 Å². The highest BCUT2D eigenvalue weighted by atomic mass is 31.2. The summed E-state index contributed by atoms with van der Waals surface area (Å²) in [5.41, 5.74) is 5.39. The van der Waals surface area contributed by atoms with Gasteiger partial charge in [0.15, 0.2) is 0 Å². The van der Waals surface area contributed by atoms with Gasteiger partial charge in [0.1, 0.15) is 0 Å². The molecular formula is C50H103N2O6P. The fourth-order valence-corrected chi connectivity index (χ4v) is 9.02. The molecule has 0 heterocycles. The zero-order chi connectivity index (χ0) is 43.2. The zero-order valence-electron chi connectivity index (χ0n) is 39.5. The van der Waals surface area contributed by atoms with Gasteiger partial charge in [0.05, 0.1) is 25.4 Å². The molecule has 0 spiro atoms. The Morgan fingerprint density at radius 3 is 1.08 bits per heavy atom. The van der Waals surface area contributed by atoms with Crippen LogP contribution in [0.15, 0.2) is 0 Å². The lowest BCUT2D eigenvalue weighted by Gasteiger charge is -2.25. The van der Waals surface area contributed by atoms with E-state index in [-0.39, 0.29) is 25.7 Å². The molecule has 9 heteroatoms. The summed E-state index contributed by atoms with van der Waals surface area (Å²) in [5, 5.41) is 13.8. The highest BCUT2D eigenvalue weighted by Gasteiger charge is 2.27. The molecule has 0 fully saturated rings. The summed E-state index contributed by atoms with van der Waals surface area (Å²) in [4.78, 5) is 22.8. The maximum Gasteiger partial charge on any atom is 0.472 e. The molecule has 0 aromatic rings. The third-order valence-corrected chi connectivity index (χ3v) is 13.2. The number of hydrogen-bond acceptors (Lipinski definition) is 6. The summed E-state index contributed by atoms with van der Waals surface area (Å²) in [6.45, 7) is 4.25. The van der Waals surface area contributed by atoms with Gasteiger partial charge >= 0.3 is 7.82 Å². The van der Waals surface area contributed by atoms with Gasteiger partial charge in [0.25, 0.3) is 0 Å². The summed E-state index contributed by atoms with van der Waals surface area (Å²) < 4.78 is 22.2. The molecule has 354 valence electrons. The van der Waals surface area contributed by atoms with E-state index in [1.165, 1.54) is 218 Å². The second kappa shape index (κ2) is 47.0. The van der Waals surface area contributed by atoms with Gasteiger partial charge in [0, 0.05) is 13.0 Å². The number of aliphatic hydroxyl groups excluding tert-OH is 1. The molecule has 5 N–H and O–H groups in total. The lowest BCUT2D eigenvalue weighted by molar-refractivity contribution is -0.123. The van der Waals surface area contributed by atoms with Crippen molar-refractivity contribution >= 4 is 13.7 Å². The van der Waals surface area contributed by atoms with Crippen molar-refractivity contribution in [2.24, 2.45) is 5.73 Å². The first-order valence-electron chi connectivity index (χ1n) is 26.2. The molecule has 0 aliphatic heterocycles. The summed E-state index contributed by atoms with van der Waals surface area (Å²) >= 11 is 0. The lowest BCUT2D eigenvalue weighted by atomic mass is 10.0. The molecule has 0 rings (SSSR count). The highest BCUT2D eigenvalue weighted by molar-refractivity contribution is 7.47. The zero-order valence-corrected chi connectivity index (χ0v) is 40.4. The number of amides is 1. The molecule has 0 radical (unpaired) electrons. The van der Waals surface area contributed by atoms with Crippen molar-refractivity contribution in [3.8, 4) is 0 Å². The lowest BCUT2D eigenvalue weighted by Crippen LogP contribution is -2.46. The first kappa shape index (κ1) is 58.5. The van der Waals surface area contributed by atoms with Crippen LogP contribution >= 0.6 is 7.82 Å². The van der Waals surface area contributed by atoms with Gasteiger partial charge in [-0.2, -0.15) is 0 Å². The average molecular weight is 859 g/mol. The molecule has 1 amide bonds. The summed E-state index contributed by atoms with van der Waals surface area (Å²) in [6, 6.07) is -0.768. The second-order valence-electron chi connectivity index (χ2n) is 18.1. The van der Waals surface area contributed by atoms with Crippen LogP contribution in [-0.4, -0.2) is 47.8 Å². The predicted octanol–water partition coefficient (Wildman–Crippen LogP) is 15.3. The molecule has 0 aliphatic rings. The van der Waals surface area contributed by atoms with Gasteiger partial charge in [-0.05, 0) is 12.8 Å². The predicted molar refractivity (Wildman–Crippen MR) is 254 cm³/mol. The Labute approximate surface area is 367 Å². The number of carbonyl (C=O) groups is 1. The van der Waals surface area contributed by atoms with Crippen LogP contribution in [0.4, 0.5) is 0 Å². The van der Waals surface area contributed by atoms with Crippen LogP contribution in [0.3, 0.4) is 0 Å². The van der Waals surface area contributed by atoms with Crippen LogP contribution in [0.5, 0.6) is 0 Å². The van der Waals surface area contributed by atoms with Gasteiger partial charge in [-0.3, -0.25) is 13.8 Å². The average Bonchev–Trinajstić information content (AvgIpc) is 3.22. The summed E-state index contributed by atoms with van der Waals surface area (Å²) in [5.74, 6) is -0.154. The number of nitrogens with two attached hydrogens (primary N) is 1. The van der Waals surface area contributed by atoms with E-state index in [0.717, 1.165) is 38.5 Å². The summed E-state index contributed by atoms with van der Waals surface area (Å²) in [7, 11) is -4.31. The Kier molecular flexibility index (Phi) is 46.6. The molecule has 0 saturated heterocycles. The Bertz CT molecular complexity index is 895. The van der Waals surface area contributed by atoms with E-state index in [2.05, 4.69) is 19.2 Å². The number of phosphoric ester groups is 1. The highest BCUT2D eigenvalue weighted by Crippen LogP contribution is 2.43. The second-order valence-corrected chi connectivity index (χ2v) is 19.6. The van der Waals surface area contributed by atoms with E-state index >= 15 is 0 Å². The van der Waals surface area contributed by atoms with Crippen molar-refractivity contribution in [3.63, 3.8) is 0 Å². The number of unbranched alkanes of at least 4 members (excludes halogenated alkanes) is 38. The Morgan fingerprint density at radius 1 is 0.492 bits per heavy atom. The molecule has 8 nitrogen and oxygen atoms in total. The van der Waals surface area contributed by atoms with E-state index in [9.17, 15) is 19.4 Å². The van der Waals surface area contributed by atoms with E-state index in [0.29, 0.717) is 12.8 Å². The number of hydrogen-bond donors (Lipinski definition) is 4. The topological polar surface area (TPSA) is 131 Å². The number of aliphatic hydroxyl groups is 1. The Hall–Kier alpha value is -0.500. The normalized spacial score (nSPS) is 13.8. The number of carbonyl (C=O) groups excluding carboxylic acids is 1. The van der Waals surface area contributed by atoms with Crippen molar-refractivity contribution in [3.05, 3.63) is 0 Å². The van der Waals surface area contributed by atoms with Gasteiger partial charge in [0.2, 0.25) is 5.91 Å². The summed E-state index contributed by atoms with van der Waals surface area (Å²) in [6.07, 6.45) is 52.8. The molecule has 0 aromatic carbocycles. The maximum atomic E-state index is 12.8. The van der Waals surface area contributed by atoms with Gasteiger partial charge < -0.3 is 21.1 Å². The van der Waals surface area contributed by atoms with E-state index in [4.69, 9.17) is 14.8 Å². The van der Waals surface area contributed by atoms with Gasteiger partial charge in [-0.1, -0.05) is 264 Å². The van der Waals surface area contributed by atoms with Crippen LogP contribution in [0.25, 0.3) is 0 Å². The quantitative estimate of drug-likeness (QED) is 0.0354. The fraction of sp³-hybridized carbons (Fsp3) is 0.980. The van der Waals surface area contributed by atoms with Crippen molar-refractivity contribution in [2.45, 2.75) is 296 Å². The van der Waals surface area contributed by atoms with Crippen LogP contribution in [0.1, 0.15) is 284 Å². The van der Waals surface area contributed by atoms with Crippen LogP contribution in [0.2, 0.25) is 0 Å². The minimum Gasteiger partial charge on any atom is -0.391 e. The number of nitrogens with one attached hydrogen (secondary N) is 1. The molecule has 0 saturated carbocycles. The van der Waals surface area contributed by atoms with Crippen LogP contribution in [-0.2, 0) is 18.4 Å². The Morgan fingerprint density at radius 2 is 0.780 bits per heavy atom. The van der Waals surface area contributed by atoms with Crippen molar-refractivity contribution in [2.75, 3.05) is 19.8 Å². The molecule has 0 aliphatic carbocycles. The maximum absolute atomic E-state index is 12.8. The molecule has 59 heavy (non-hydrogen) atoms. The fourth-order valence-electron chi connectivity index (χ4n) is 8.26. The van der Waals surface area contributed by atoms with E-state index in [1.54, 1.807) is 0 Å². The Balaban J connectivity index is 3.88. The van der Waals surface area contributed by atoms with E-state index < -0.39 is 20.0 Å². The minimum absolute atomic E-state index is 0.0927. The molecule has 0 aromatic heterocycles. The molecule has 0 bridgehead atoms. The smallest absolute Gasteiger partial charge is 0.391 e. The monoisotopic (exact) mass is 859 g/mol. The van der Waals surface area contributed by atoms with Crippen molar-refractivity contribution < 1.29 is 28.4 Å². The minimum atomic E-state index is -4.31. The van der Waals surface area contributed by atoms with Gasteiger partial charge in [-0.25, -0.2) is 4.57 Å². The first-order valence-corrected chi connectivity index (χ1v) is 27.6. The SMILES string of the molecule is CCCCCCCCCCCCCCCCCCCCCCCCCCCCCC(=O)N[C@@H](COP(=O)(O)OCCN)[C@H](O)CCCCCCCCCCCCCCC. The van der Waals surface area contributed by atoms with Gasteiger partial charge in [-0.15, -0.1) is 0 Å². The molecule has 3 atom stereocenters. The number of rotatable bonds is 50. The molecule has 1 unspecified atom stereocenters. The van der Waals surface area contributed by atoms with Crippen molar-refractivity contribution in [1.29, 1.82) is 0 Å². The third kappa shape index (κ3) is 45.3. The first-order chi connectivity index (χ1) is 28.9. The third-order valence-electron chi connectivity index (χ3n) is 12.2.